The van der Waals surface area contributed by atoms with Gasteiger partial charge in [-0.25, -0.2) is 0 Å². The smallest absolute Gasteiger partial charge is 0.232 e. The number of rotatable bonds is 6. The quantitative estimate of drug-likeness (QED) is 0.874. The topological polar surface area (TPSA) is 46.3 Å². The van der Waals surface area contributed by atoms with Crippen LogP contribution in [0.2, 0.25) is 0 Å². The van der Waals surface area contributed by atoms with Gasteiger partial charge in [-0.3, -0.25) is 4.79 Å². The lowest BCUT2D eigenvalue weighted by Crippen LogP contribution is -2.28. The van der Waals surface area contributed by atoms with Gasteiger partial charge in [0.05, 0.1) is 11.0 Å². The third kappa shape index (κ3) is 4.30. The normalized spacial score (nSPS) is 14.3. The molecule has 18 heavy (non-hydrogen) atoms. The van der Waals surface area contributed by atoms with E-state index in [0.29, 0.717) is 5.75 Å². The summed E-state index contributed by atoms with van der Waals surface area (Å²) in [6, 6.07) is 4.35. The standard InChI is InChI=1S/C13H22N2OS2/c1-5-10(14)13(11-7-6-9(2)18-11)17-8-12(16)15(3)4/h6-7,10,13H,5,8,14H2,1-4H3. The molecule has 0 fully saturated rings. The van der Waals surface area contributed by atoms with Gasteiger partial charge in [0.15, 0.2) is 0 Å². The van der Waals surface area contributed by atoms with Gasteiger partial charge in [0.25, 0.3) is 0 Å². The second kappa shape index (κ2) is 7.16. The number of carbonyl (C=O) groups is 1. The molecule has 2 unspecified atom stereocenters. The summed E-state index contributed by atoms with van der Waals surface area (Å²) in [5, 5.41) is 0.220. The lowest BCUT2D eigenvalue weighted by Gasteiger charge is -2.22. The molecule has 0 aliphatic heterocycles. The van der Waals surface area contributed by atoms with Crippen LogP contribution in [0.1, 0.15) is 28.3 Å². The molecule has 0 saturated heterocycles. The minimum atomic E-state index is 0.100. The van der Waals surface area contributed by atoms with Crippen LogP contribution in [0.25, 0.3) is 0 Å². The maximum Gasteiger partial charge on any atom is 0.232 e. The zero-order valence-corrected chi connectivity index (χ0v) is 13.1. The zero-order valence-electron chi connectivity index (χ0n) is 11.5. The summed E-state index contributed by atoms with van der Waals surface area (Å²) in [5.74, 6) is 0.629. The Hall–Kier alpha value is -0.520. The number of thiophene rings is 1. The highest BCUT2D eigenvalue weighted by molar-refractivity contribution is 8.00. The van der Waals surface area contributed by atoms with Crippen LogP contribution < -0.4 is 5.73 Å². The van der Waals surface area contributed by atoms with Gasteiger partial charge in [-0.2, -0.15) is 0 Å². The zero-order chi connectivity index (χ0) is 13.7. The fourth-order valence-electron chi connectivity index (χ4n) is 1.53. The van der Waals surface area contributed by atoms with Gasteiger partial charge in [0.1, 0.15) is 0 Å². The highest BCUT2D eigenvalue weighted by atomic mass is 32.2. The first-order valence-corrected chi connectivity index (χ1v) is 7.95. The lowest BCUT2D eigenvalue weighted by molar-refractivity contribution is -0.125. The van der Waals surface area contributed by atoms with Crippen LogP contribution in [0.3, 0.4) is 0 Å². The van der Waals surface area contributed by atoms with Gasteiger partial charge in [0, 0.05) is 29.9 Å². The Kier molecular flexibility index (Phi) is 6.18. The molecule has 1 rings (SSSR count). The molecule has 1 heterocycles. The molecule has 5 heteroatoms. The van der Waals surface area contributed by atoms with Crippen LogP contribution in [-0.4, -0.2) is 36.7 Å². The number of thioether (sulfide) groups is 1. The highest BCUT2D eigenvalue weighted by Gasteiger charge is 2.22. The molecule has 2 N–H and O–H groups in total. The first-order valence-electron chi connectivity index (χ1n) is 6.09. The monoisotopic (exact) mass is 286 g/mol. The molecule has 1 aromatic heterocycles. The average molecular weight is 286 g/mol. The second-order valence-corrected chi connectivity index (χ2v) is 6.99. The molecule has 0 saturated carbocycles. The van der Waals surface area contributed by atoms with Crippen molar-refractivity contribution in [3.63, 3.8) is 0 Å². The molecule has 3 nitrogen and oxygen atoms in total. The minimum Gasteiger partial charge on any atom is -0.348 e. The van der Waals surface area contributed by atoms with E-state index in [9.17, 15) is 4.79 Å². The number of carbonyl (C=O) groups excluding carboxylic acids is 1. The van der Waals surface area contributed by atoms with Crippen molar-refractivity contribution >= 4 is 29.0 Å². The van der Waals surface area contributed by atoms with Gasteiger partial charge < -0.3 is 10.6 Å². The molecule has 1 aromatic rings. The number of nitrogens with two attached hydrogens (primary N) is 1. The second-order valence-electron chi connectivity index (χ2n) is 4.54. The first-order chi connectivity index (χ1) is 8.45. The summed E-state index contributed by atoms with van der Waals surface area (Å²) in [4.78, 5) is 15.9. The van der Waals surface area contributed by atoms with E-state index in [4.69, 9.17) is 5.73 Å². The van der Waals surface area contributed by atoms with Crippen molar-refractivity contribution < 1.29 is 4.79 Å². The van der Waals surface area contributed by atoms with Crippen LogP contribution >= 0.6 is 23.1 Å². The van der Waals surface area contributed by atoms with Crippen molar-refractivity contribution in [2.45, 2.75) is 31.6 Å². The summed E-state index contributed by atoms with van der Waals surface area (Å²) >= 11 is 3.43. The van der Waals surface area contributed by atoms with E-state index >= 15 is 0 Å². The summed E-state index contributed by atoms with van der Waals surface area (Å²) in [5.41, 5.74) is 6.18. The number of aryl methyl sites for hydroxylation is 1. The van der Waals surface area contributed by atoms with Gasteiger partial charge in [-0.1, -0.05) is 6.92 Å². The lowest BCUT2D eigenvalue weighted by atomic mass is 10.1. The Morgan fingerprint density at radius 2 is 2.17 bits per heavy atom. The molecule has 0 aromatic carbocycles. The molecule has 0 radical (unpaired) electrons. The van der Waals surface area contributed by atoms with Crippen molar-refractivity contribution in [2.75, 3.05) is 19.8 Å². The fourth-order valence-corrected chi connectivity index (χ4v) is 4.07. The predicted octanol–water partition coefficient (Wildman–Crippen LogP) is 2.66. The first kappa shape index (κ1) is 15.5. The van der Waals surface area contributed by atoms with E-state index in [2.05, 4.69) is 26.0 Å². The van der Waals surface area contributed by atoms with E-state index < -0.39 is 0 Å². The molecule has 0 spiro atoms. The SMILES string of the molecule is CCC(N)C(SCC(=O)N(C)C)c1ccc(C)s1. The third-order valence-corrected chi connectivity index (χ3v) is 5.40. The molecule has 102 valence electrons. The van der Waals surface area contributed by atoms with Crippen LogP contribution in [0.4, 0.5) is 0 Å². The van der Waals surface area contributed by atoms with Crippen molar-refractivity contribution in [2.24, 2.45) is 5.73 Å². The number of hydrogen-bond acceptors (Lipinski definition) is 4. The van der Waals surface area contributed by atoms with Gasteiger partial charge >= 0.3 is 0 Å². The van der Waals surface area contributed by atoms with Crippen molar-refractivity contribution in [3.8, 4) is 0 Å². The maximum absolute atomic E-state index is 11.7. The van der Waals surface area contributed by atoms with Gasteiger partial charge in [-0.05, 0) is 25.5 Å². The summed E-state index contributed by atoms with van der Waals surface area (Å²) in [6.07, 6.45) is 0.921. The third-order valence-electron chi connectivity index (χ3n) is 2.79. The summed E-state index contributed by atoms with van der Waals surface area (Å²) in [7, 11) is 3.57. The molecule has 0 bridgehead atoms. The Balaban J connectivity index is 2.71. The van der Waals surface area contributed by atoms with E-state index in [-0.39, 0.29) is 17.2 Å². The molecular formula is C13H22N2OS2. The number of nitrogens with zero attached hydrogens (tertiary/aromatic N) is 1. The van der Waals surface area contributed by atoms with Crippen LogP contribution in [0, 0.1) is 6.92 Å². The van der Waals surface area contributed by atoms with Crippen LogP contribution in [-0.2, 0) is 4.79 Å². The Morgan fingerprint density at radius 3 is 2.61 bits per heavy atom. The largest absolute Gasteiger partial charge is 0.348 e. The van der Waals surface area contributed by atoms with Gasteiger partial charge in [-0.15, -0.1) is 23.1 Å². The molecule has 2 atom stereocenters. The van der Waals surface area contributed by atoms with E-state index in [1.807, 2.05) is 0 Å². The molecule has 1 amide bonds. The van der Waals surface area contributed by atoms with E-state index in [0.717, 1.165) is 6.42 Å². The number of hydrogen-bond donors (Lipinski definition) is 1. The Bertz CT molecular complexity index is 390. The van der Waals surface area contributed by atoms with E-state index in [1.165, 1.54) is 9.75 Å². The molecular weight excluding hydrogens is 264 g/mol. The Morgan fingerprint density at radius 1 is 1.50 bits per heavy atom. The molecule has 0 aliphatic rings. The average Bonchev–Trinajstić information content (AvgIpc) is 2.75. The van der Waals surface area contributed by atoms with Crippen LogP contribution in [0.5, 0.6) is 0 Å². The highest BCUT2D eigenvalue weighted by Crippen LogP contribution is 2.36. The Labute approximate surface area is 118 Å². The number of amides is 1. The van der Waals surface area contributed by atoms with Gasteiger partial charge in [0.2, 0.25) is 5.91 Å². The fraction of sp³-hybridized carbons (Fsp3) is 0.615. The molecule has 0 aliphatic carbocycles. The predicted molar refractivity (Wildman–Crippen MR) is 81.2 cm³/mol. The summed E-state index contributed by atoms with van der Waals surface area (Å²) in [6.45, 7) is 4.19. The van der Waals surface area contributed by atoms with Crippen molar-refractivity contribution in [3.05, 3.63) is 21.9 Å². The van der Waals surface area contributed by atoms with Crippen molar-refractivity contribution in [1.29, 1.82) is 0 Å². The van der Waals surface area contributed by atoms with Crippen LogP contribution in [0.15, 0.2) is 12.1 Å². The summed E-state index contributed by atoms with van der Waals surface area (Å²) < 4.78 is 0. The van der Waals surface area contributed by atoms with E-state index in [1.54, 1.807) is 42.1 Å². The minimum absolute atomic E-state index is 0.100. The maximum atomic E-state index is 11.7. The van der Waals surface area contributed by atoms with Crippen molar-refractivity contribution in [1.82, 2.24) is 4.90 Å².